The van der Waals surface area contributed by atoms with Gasteiger partial charge in [0.05, 0.1) is 18.3 Å². The molecule has 3 heteroatoms. The van der Waals surface area contributed by atoms with Gasteiger partial charge in [-0.05, 0) is 24.6 Å². The molecule has 0 amide bonds. The number of aromatic amines is 1. The number of nitrogens with one attached hydrogen (secondary N) is 1. The molecule has 0 radical (unpaired) electrons. The minimum absolute atomic E-state index is 0.576. The SMILES string of the molecule is COc1ccc(C)c2cc(C=O)[nH]c12. The van der Waals surface area contributed by atoms with Crippen LogP contribution >= 0.6 is 0 Å². The molecule has 0 saturated heterocycles. The van der Waals surface area contributed by atoms with Crippen LogP contribution < -0.4 is 4.74 Å². The number of carbonyl (C=O) groups excluding carboxylic acids is 1. The summed E-state index contributed by atoms with van der Waals surface area (Å²) in [5.74, 6) is 0.763. The maximum Gasteiger partial charge on any atom is 0.166 e. The number of rotatable bonds is 2. The van der Waals surface area contributed by atoms with Gasteiger partial charge in [0.1, 0.15) is 5.75 Å². The maximum atomic E-state index is 10.6. The lowest BCUT2D eigenvalue weighted by molar-refractivity contribution is 0.112. The summed E-state index contributed by atoms with van der Waals surface area (Å²) < 4.78 is 5.19. The zero-order valence-electron chi connectivity index (χ0n) is 8.13. The zero-order chi connectivity index (χ0) is 10.1. The van der Waals surface area contributed by atoms with Gasteiger partial charge < -0.3 is 9.72 Å². The molecule has 0 atom stereocenters. The van der Waals surface area contributed by atoms with Crippen molar-refractivity contribution >= 4 is 17.2 Å². The molecule has 3 nitrogen and oxygen atoms in total. The molecule has 0 aliphatic rings. The Bertz CT molecular complexity index is 485. The fourth-order valence-electron chi connectivity index (χ4n) is 1.59. The number of aromatic nitrogens is 1. The van der Waals surface area contributed by atoms with E-state index in [1.165, 1.54) is 0 Å². The highest BCUT2D eigenvalue weighted by atomic mass is 16.5. The summed E-state index contributed by atoms with van der Waals surface area (Å²) in [4.78, 5) is 13.6. The average Bonchev–Trinajstić information content (AvgIpc) is 2.63. The third-order valence-corrected chi connectivity index (χ3v) is 2.34. The van der Waals surface area contributed by atoms with Crippen LogP contribution in [0.4, 0.5) is 0 Å². The van der Waals surface area contributed by atoms with Gasteiger partial charge in [0.25, 0.3) is 0 Å². The van der Waals surface area contributed by atoms with Gasteiger partial charge in [-0.15, -0.1) is 0 Å². The summed E-state index contributed by atoms with van der Waals surface area (Å²) in [5.41, 5.74) is 2.59. The van der Waals surface area contributed by atoms with Gasteiger partial charge in [0, 0.05) is 5.39 Å². The quantitative estimate of drug-likeness (QED) is 0.736. The standard InChI is InChI=1S/C11H11NO2/c1-7-3-4-10(14-2)11-9(7)5-8(6-13)12-11/h3-6,12H,1-2H3. The third-order valence-electron chi connectivity index (χ3n) is 2.34. The summed E-state index contributed by atoms with van der Waals surface area (Å²) in [6.07, 6.45) is 0.804. The van der Waals surface area contributed by atoms with Crippen molar-refractivity contribution in [2.75, 3.05) is 7.11 Å². The number of carbonyl (C=O) groups is 1. The van der Waals surface area contributed by atoms with Crippen LogP contribution in [0.25, 0.3) is 10.9 Å². The molecule has 0 unspecified atom stereocenters. The summed E-state index contributed by atoms with van der Waals surface area (Å²) in [6, 6.07) is 5.70. The van der Waals surface area contributed by atoms with Crippen LogP contribution in [0.15, 0.2) is 18.2 Å². The highest BCUT2D eigenvalue weighted by Gasteiger charge is 2.07. The Morgan fingerprint density at radius 1 is 1.43 bits per heavy atom. The minimum atomic E-state index is 0.576. The van der Waals surface area contributed by atoms with E-state index in [1.807, 2.05) is 25.1 Å². The second-order valence-corrected chi connectivity index (χ2v) is 3.22. The van der Waals surface area contributed by atoms with Gasteiger partial charge in [-0.2, -0.15) is 0 Å². The number of ether oxygens (including phenoxy) is 1. The Morgan fingerprint density at radius 2 is 2.21 bits per heavy atom. The topological polar surface area (TPSA) is 42.1 Å². The highest BCUT2D eigenvalue weighted by Crippen LogP contribution is 2.27. The first-order chi connectivity index (χ1) is 6.76. The molecular weight excluding hydrogens is 178 g/mol. The molecule has 1 aromatic heterocycles. The Hall–Kier alpha value is -1.77. The first-order valence-electron chi connectivity index (χ1n) is 4.37. The number of fused-ring (bicyclic) bond motifs is 1. The Morgan fingerprint density at radius 3 is 2.86 bits per heavy atom. The van der Waals surface area contributed by atoms with Gasteiger partial charge in [-0.25, -0.2) is 0 Å². The molecule has 0 saturated carbocycles. The van der Waals surface area contributed by atoms with Crippen LogP contribution in [0.3, 0.4) is 0 Å². The molecule has 2 rings (SSSR count). The van der Waals surface area contributed by atoms with Crippen molar-refractivity contribution in [3.05, 3.63) is 29.5 Å². The Kier molecular flexibility index (Phi) is 2.00. The minimum Gasteiger partial charge on any atom is -0.495 e. The van der Waals surface area contributed by atoms with E-state index in [2.05, 4.69) is 4.98 Å². The first-order valence-corrected chi connectivity index (χ1v) is 4.37. The van der Waals surface area contributed by atoms with Crippen molar-refractivity contribution in [3.8, 4) is 5.75 Å². The lowest BCUT2D eigenvalue weighted by Crippen LogP contribution is -1.85. The molecule has 1 heterocycles. The average molecular weight is 189 g/mol. The zero-order valence-corrected chi connectivity index (χ0v) is 8.13. The fourth-order valence-corrected chi connectivity index (χ4v) is 1.59. The second-order valence-electron chi connectivity index (χ2n) is 3.22. The molecule has 1 N–H and O–H groups in total. The van der Waals surface area contributed by atoms with Crippen LogP contribution in [0.1, 0.15) is 16.1 Å². The number of H-pyrrole nitrogens is 1. The van der Waals surface area contributed by atoms with Crippen LogP contribution in [0, 0.1) is 6.92 Å². The maximum absolute atomic E-state index is 10.6. The van der Waals surface area contributed by atoms with E-state index in [-0.39, 0.29) is 0 Å². The normalized spacial score (nSPS) is 10.4. The van der Waals surface area contributed by atoms with E-state index in [4.69, 9.17) is 4.74 Å². The lowest BCUT2D eigenvalue weighted by Gasteiger charge is -2.02. The monoisotopic (exact) mass is 189 g/mol. The highest BCUT2D eigenvalue weighted by molar-refractivity contribution is 5.93. The summed E-state index contributed by atoms with van der Waals surface area (Å²) in [5, 5.41) is 1.03. The third kappa shape index (κ3) is 1.18. The molecule has 14 heavy (non-hydrogen) atoms. The van der Waals surface area contributed by atoms with Crippen LogP contribution in [-0.4, -0.2) is 18.4 Å². The summed E-state index contributed by atoms with van der Waals surface area (Å²) in [6.45, 7) is 2.00. The van der Waals surface area contributed by atoms with Gasteiger partial charge in [0.15, 0.2) is 6.29 Å². The number of hydrogen-bond donors (Lipinski definition) is 1. The fraction of sp³-hybridized carbons (Fsp3) is 0.182. The van der Waals surface area contributed by atoms with Crippen LogP contribution in [0.5, 0.6) is 5.75 Å². The molecule has 2 aromatic rings. The Balaban J connectivity index is 2.81. The predicted octanol–water partition coefficient (Wildman–Crippen LogP) is 2.30. The molecule has 0 aliphatic carbocycles. The largest absolute Gasteiger partial charge is 0.495 e. The second kappa shape index (κ2) is 3.18. The van der Waals surface area contributed by atoms with Gasteiger partial charge in [-0.3, -0.25) is 4.79 Å². The summed E-state index contributed by atoms with van der Waals surface area (Å²) in [7, 11) is 1.62. The van der Waals surface area contributed by atoms with Crippen LogP contribution in [0.2, 0.25) is 0 Å². The van der Waals surface area contributed by atoms with E-state index >= 15 is 0 Å². The van der Waals surface area contributed by atoms with Crippen molar-refractivity contribution in [1.82, 2.24) is 4.98 Å². The molecule has 0 spiro atoms. The predicted molar refractivity (Wildman–Crippen MR) is 55.0 cm³/mol. The number of methoxy groups -OCH3 is 1. The van der Waals surface area contributed by atoms with Gasteiger partial charge in [-0.1, -0.05) is 6.07 Å². The number of aryl methyl sites for hydroxylation is 1. The smallest absolute Gasteiger partial charge is 0.166 e. The number of aldehydes is 1. The van der Waals surface area contributed by atoms with Crippen molar-refractivity contribution in [2.45, 2.75) is 6.92 Å². The first kappa shape index (κ1) is 8.81. The molecule has 0 fully saturated rings. The van der Waals surface area contributed by atoms with Gasteiger partial charge in [0.2, 0.25) is 0 Å². The number of hydrogen-bond acceptors (Lipinski definition) is 2. The molecule has 0 bridgehead atoms. The van der Waals surface area contributed by atoms with E-state index in [0.717, 1.165) is 28.5 Å². The van der Waals surface area contributed by atoms with E-state index < -0.39 is 0 Å². The van der Waals surface area contributed by atoms with Crippen molar-refractivity contribution < 1.29 is 9.53 Å². The summed E-state index contributed by atoms with van der Waals surface area (Å²) >= 11 is 0. The van der Waals surface area contributed by atoms with E-state index in [1.54, 1.807) is 7.11 Å². The van der Waals surface area contributed by atoms with Crippen molar-refractivity contribution in [1.29, 1.82) is 0 Å². The van der Waals surface area contributed by atoms with Crippen molar-refractivity contribution in [2.24, 2.45) is 0 Å². The van der Waals surface area contributed by atoms with Crippen LogP contribution in [-0.2, 0) is 0 Å². The van der Waals surface area contributed by atoms with Crippen molar-refractivity contribution in [3.63, 3.8) is 0 Å². The molecule has 0 aliphatic heterocycles. The lowest BCUT2D eigenvalue weighted by atomic mass is 10.1. The Labute approximate surface area is 81.7 Å². The van der Waals surface area contributed by atoms with E-state index in [0.29, 0.717) is 5.69 Å². The van der Waals surface area contributed by atoms with E-state index in [9.17, 15) is 4.79 Å². The molecule has 72 valence electrons. The number of benzene rings is 1. The molecule has 1 aromatic carbocycles. The van der Waals surface area contributed by atoms with Gasteiger partial charge >= 0.3 is 0 Å². The molecular formula is C11H11NO2.